The van der Waals surface area contributed by atoms with Gasteiger partial charge in [0.25, 0.3) is 0 Å². The highest BCUT2D eigenvalue weighted by Gasteiger charge is 2.28. The molecule has 1 unspecified atom stereocenters. The summed E-state index contributed by atoms with van der Waals surface area (Å²) in [6.07, 6.45) is 3.26. The van der Waals surface area contributed by atoms with Crippen LogP contribution in [0.2, 0.25) is 0 Å². The molecule has 0 amide bonds. The lowest BCUT2D eigenvalue weighted by molar-refractivity contribution is -0.0553. The summed E-state index contributed by atoms with van der Waals surface area (Å²) in [5.74, 6) is 0. The zero-order chi connectivity index (χ0) is 12.3. The van der Waals surface area contributed by atoms with Gasteiger partial charge in [-0.1, -0.05) is 19.1 Å². The summed E-state index contributed by atoms with van der Waals surface area (Å²) < 4.78 is 5.74. The molecule has 1 aliphatic heterocycles. The lowest BCUT2D eigenvalue weighted by atomic mass is 9.93. The third-order valence-electron chi connectivity index (χ3n) is 3.40. The maximum absolute atomic E-state index is 5.74. The summed E-state index contributed by atoms with van der Waals surface area (Å²) in [5, 5.41) is 3.63. The van der Waals surface area contributed by atoms with Gasteiger partial charge in [-0.05, 0) is 50.8 Å². The van der Waals surface area contributed by atoms with Crippen LogP contribution in [0, 0.1) is 0 Å². The molecule has 1 heterocycles. The molecule has 1 aliphatic rings. The second-order valence-corrected chi connectivity index (χ2v) is 5.50. The first-order valence-corrected chi connectivity index (χ1v) is 6.58. The Bertz CT molecular complexity index is 373. The summed E-state index contributed by atoms with van der Waals surface area (Å²) >= 11 is 0. The Morgan fingerprint density at radius 2 is 2.24 bits per heavy atom. The van der Waals surface area contributed by atoms with Crippen molar-refractivity contribution in [2.75, 3.05) is 11.9 Å². The van der Waals surface area contributed by atoms with Gasteiger partial charge in [0.15, 0.2) is 0 Å². The van der Waals surface area contributed by atoms with Gasteiger partial charge in [0, 0.05) is 18.3 Å². The molecule has 1 saturated heterocycles. The van der Waals surface area contributed by atoms with E-state index in [1.54, 1.807) is 0 Å². The first kappa shape index (κ1) is 12.4. The van der Waals surface area contributed by atoms with E-state index in [0.29, 0.717) is 6.04 Å². The average Bonchev–Trinajstić information content (AvgIpc) is 2.28. The Labute approximate surface area is 104 Å². The molecule has 1 fully saturated rings. The van der Waals surface area contributed by atoms with Gasteiger partial charge in [-0.3, -0.25) is 0 Å². The van der Waals surface area contributed by atoms with Gasteiger partial charge in [0.1, 0.15) is 0 Å². The van der Waals surface area contributed by atoms with Crippen molar-refractivity contribution in [2.24, 2.45) is 0 Å². The fraction of sp³-hybridized carbons (Fsp3) is 0.600. The molecule has 0 saturated carbocycles. The fourth-order valence-electron chi connectivity index (χ4n) is 2.47. The molecule has 94 valence electrons. The van der Waals surface area contributed by atoms with Gasteiger partial charge in [-0.25, -0.2) is 0 Å². The molecule has 2 nitrogen and oxygen atoms in total. The Hall–Kier alpha value is -1.02. The van der Waals surface area contributed by atoms with Crippen molar-refractivity contribution >= 4 is 5.69 Å². The number of hydrogen-bond donors (Lipinski definition) is 1. The van der Waals surface area contributed by atoms with Crippen LogP contribution in [-0.2, 0) is 11.2 Å². The zero-order valence-electron chi connectivity index (χ0n) is 11.1. The molecular formula is C15H23NO. The number of nitrogens with one attached hydrogen (secondary N) is 1. The van der Waals surface area contributed by atoms with E-state index in [4.69, 9.17) is 4.74 Å². The molecule has 2 heteroatoms. The maximum atomic E-state index is 5.74. The second kappa shape index (κ2) is 5.09. The lowest BCUT2D eigenvalue weighted by Gasteiger charge is -2.36. The molecule has 1 N–H and O–H groups in total. The van der Waals surface area contributed by atoms with Gasteiger partial charge in [0.2, 0.25) is 0 Å². The Morgan fingerprint density at radius 3 is 2.94 bits per heavy atom. The summed E-state index contributed by atoms with van der Waals surface area (Å²) in [6.45, 7) is 7.39. The third-order valence-corrected chi connectivity index (χ3v) is 3.40. The van der Waals surface area contributed by atoms with Crippen molar-refractivity contribution in [1.29, 1.82) is 0 Å². The lowest BCUT2D eigenvalue weighted by Crippen LogP contribution is -2.40. The quantitative estimate of drug-likeness (QED) is 0.861. The molecule has 0 aliphatic carbocycles. The minimum atomic E-state index is 0.0122. The second-order valence-electron chi connectivity index (χ2n) is 5.50. The van der Waals surface area contributed by atoms with E-state index in [0.717, 1.165) is 25.9 Å². The van der Waals surface area contributed by atoms with Crippen LogP contribution >= 0.6 is 0 Å². The first-order valence-electron chi connectivity index (χ1n) is 6.58. The highest BCUT2D eigenvalue weighted by molar-refractivity contribution is 5.46. The maximum Gasteiger partial charge on any atom is 0.0646 e. The standard InChI is InChI=1S/C15H23NO/c1-4-12-6-5-7-13(10-12)16-14-8-9-17-15(2,3)11-14/h5-7,10,14,16H,4,8-9,11H2,1-3H3. The largest absolute Gasteiger partial charge is 0.382 e. The number of aryl methyl sites for hydroxylation is 1. The summed E-state index contributed by atoms with van der Waals surface area (Å²) in [6, 6.07) is 9.25. The van der Waals surface area contributed by atoms with Crippen LogP contribution in [0.3, 0.4) is 0 Å². The van der Waals surface area contributed by atoms with Crippen molar-refractivity contribution in [2.45, 2.75) is 51.7 Å². The Morgan fingerprint density at radius 1 is 1.41 bits per heavy atom. The van der Waals surface area contributed by atoms with Crippen LogP contribution in [0.5, 0.6) is 0 Å². The third kappa shape index (κ3) is 3.47. The predicted octanol–water partition coefficient (Wildman–Crippen LogP) is 3.62. The highest BCUT2D eigenvalue weighted by Crippen LogP contribution is 2.26. The van der Waals surface area contributed by atoms with Crippen LogP contribution in [0.4, 0.5) is 5.69 Å². The van der Waals surface area contributed by atoms with Crippen LogP contribution in [0.15, 0.2) is 24.3 Å². The van der Waals surface area contributed by atoms with Gasteiger partial charge in [-0.2, -0.15) is 0 Å². The van der Waals surface area contributed by atoms with E-state index in [9.17, 15) is 0 Å². The van der Waals surface area contributed by atoms with E-state index < -0.39 is 0 Å². The molecule has 0 radical (unpaired) electrons. The minimum Gasteiger partial charge on any atom is -0.382 e. The molecule has 1 atom stereocenters. The van der Waals surface area contributed by atoms with E-state index in [2.05, 4.69) is 50.4 Å². The fourth-order valence-corrected chi connectivity index (χ4v) is 2.47. The van der Waals surface area contributed by atoms with Crippen molar-refractivity contribution in [3.63, 3.8) is 0 Å². The van der Waals surface area contributed by atoms with Crippen molar-refractivity contribution in [1.82, 2.24) is 0 Å². The number of anilines is 1. The van der Waals surface area contributed by atoms with Crippen LogP contribution in [0.1, 0.15) is 39.2 Å². The number of rotatable bonds is 3. The monoisotopic (exact) mass is 233 g/mol. The van der Waals surface area contributed by atoms with E-state index >= 15 is 0 Å². The number of ether oxygens (including phenoxy) is 1. The topological polar surface area (TPSA) is 21.3 Å². The zero-order valence-corrected chi connectivity index (χ0v) is 11.1. The van der Waals surface area contributed by atoms with Gasteiger partial charge >= 0.3 is 0 Å². The van der Waals surface area contributed by atoms with Gasteiger partial charge < -0.3 is 10.1 Å². The van der Waals surface area contributed by atoms with Crippen molar-refractivity contribution in [3.8, 4) is 0 Å². The Balaban J connectivity index is 2.00. The highest BCUT2D eigenvalue weighted by atomic mass is 16.5. The van der Waals surface area contributed by atoms with E-state index in [1.807, 2.05) is 0 Å². The molecular weight excluding hydrogens is 210 g/mol. The molecule has 2 rings (SSSR count). The first-order chi connectivity index (χ1) is 8.09. The van der Waals surface area contributed by atoms with Crippen LogP contribution in [0.25, 0.3) is 0 Å². The van der Waals surface area contributed by atoms with Crippen molar-refractivity contribution in [3.05, 3.63) is 29.8 Å². The van der Waals surface area contributed by atoms with Gasteiger partial charge in [-0.15, -0.1) is 0 Å². The van der Waals surface area contributed by atoms with Crippen molar-refractivity contribution < 1.29 is 4.74 Å². The smallest absolute Gasteiger partial charge is 0.0646 e. The summed E-state index contributed by atoms with van der Waals surface area (Å²) in [7, 11) is 0. The van der Waals surface area contributed by atoms with Crippen LogP contribution < -0.4 is 5.32 Å². The van der Waals surface area contributed by atoms with Crippen LogP contribution in [-0.4, -0.2) is 18.2 Å². The number of hydrogen-bond acceptors (Lipinski definition) is 2. The van der Waals surface area contributed by atoms with E-state index in [1.165, 1.54) is 11.3 Å². The predicted molar refractivity (Wildman–Crippen MR) is 72.5 cm³/mol. The molecule has 0 bridgehead atoms. The van der Waals surface area contributed by atoms with Gasteiger partial charge in [0.05, 0.1) is 5.60 Å². The summed E-state index contributed by atoms with van der Waals surface area (Å²) in [4.78, 5) is 0. The molecule has 17 heavy (non-hydrogen) atoms. The molecule has 0 spiro atoms. The average molecular weight is 233 g/mol. The Kier molecular flexibility index (Phi) is 3.72. The normalized spacial score (nSPS) is 23.4. The SMILES string of the molecule is CCc1cccc(NC2CCOC(C)(C)C2)c1. The van der Waals surface area contributed by atoms with E-state index in [-0.39, 0.29) is 5.60 Å². The summed E-state index contributed by atoms with van der Waals surface area (Å²) in [5.41, 5.74) is 2.64. The number of benzene rings is 1. The minimum absolute atomic E-state index is 0.0122. The molecule has 1 aromatic carbocycles. The molecule has 1 aromatic rings. The molecule has 0 aromatic heterocycles.